The minimum absolute atomic E-state index is 0.0602. The van der Waals surface area contributed by atoms with E-state index in [0.29, 0.717) is 37.4 Å². The van der Waals surface area contributed by atoms with Gasteiger partial charge in [-0.2, -0.15) is 0 Å². The van der Waals surface area contributed by atoms with Crippen molar-refractivity contribution in [3.05, 3.63) is 65.1 Å². The number of nitrogens with zero attached hydrogens (tertiary/aromatic N) is 2. The molecule has 1 aliphatic heterocycles. The third-order valence-corrected chi connectivity index (χ3v) is 7.21. The standard InChI is InChI=1S/C22H21FN2O4S/c1-14-3-6-20(15(2)11-14)30(27,28)21-17-12-16(23)4-5-19(17)24-13-18(21)22(26)25-7-9-29-10-8-25/h3-6,11-13H,7-10H2,1-2H3. The molecule has 3 aromatic rings. The maximum atomic E-state index is 14.1. The zero-order valence-corrected chi connectivity index (χ0v) is 17.5. The maximum absolute atomic E-state index is 14.1. The van der Waals surface area contributed by atoms with E-state index in [-0.39, 0.29) is 20.7 Å². The second-order valence-electron chi connectivity index (χ2n) is 7.34. The number of halogens is 1. The lowest BCUT2D eigenvalue weighted by Gasteiger charge is -2.27. The van der Waals surface area contributed by atoms with Gasteiger partial charge in [0.1, 0.15) is 5.82 Å². The lowest BCUT2D eigenvalue weighted by atomic mass is 10.1. The monoisotopic (exact) mass is 428 g/mol. The zero-order valence-electron chi connectivity index (χ0n) is 16.7. The van der Waals surface area contributed by atoms with Gasteiger partial charge in [-0.3, -0.25) is 9.78 Å². The topological polar surface area (TPSA) is 76.6 Å². The molecule has 0 aliphatic carbocycles. The largest absolute Gasteiger partial charge is 0.378 e. The smallest absolute Gasteiger partial charge is 0.256 e. The first-order valence-electron chi connectivity index (χ1n) is 9.56. The van der Waals surface area contributed by atoms with Crippen LogP contribution in [-0.4, -0.2) is 50.5 Å². The van der Waals surface area contributed by atoms with E-state index in [0.717, 1.165) is 11.6 Å². The molecule has 6 nitrogen and oxygen atoms in total. The summed E-state index contributed by atoms with van der Waals surface area (Å²) in [6.07, 6.45) is 1.27. The van der Waals surface area contributed by atoms with Crippen molar-refractivity contribution in [1.29, 1.82) is 0 Å². The van der Waals surface area contributed by atoms with E-state index >= 15 is 0 Å². The Bertz CT molecular complexity index is 1250. The third-order valence-electron chi connectivity index (χ3n) is 5.20. The number of aromatic nitrogens is 1. The zero-order chi connectivity index (χ0) is 21.5. The number of fused-ring (bicyclic) bond motifs is 1. The summed E-state index contributed by atoms with van der Waals surface area (Å²) in [6.45, 7) is 5.02. The number of morpholine rings is 1. The fraction of sp³-hybridized carbons (Fsp3) is 0.273. The highest BCUT2D eigenvalue weighted by molar-refractivity contribution is 7.91. The van der Waals surface area contributed by atoms with Crippen molar-refractivity contribution in [2.75, 3.05) is 26.3 Å². The number of ether oxygens (including phenoxy) is 1. The van der Waals surface area contributed by atoms with Gasteiger partial charge >= 0.3 is 0 Å². The summed E-state index contributed by atoms with van der Waals surface area (Å²) in [4.78, 5) is 18.9. The highest BCUT2D eigenvalue weighted by atomic mass is 32.2. The van der Waals surface area contributed by atoms with Crippen LogP contribution in [0.25, 0.3) is 10.9 Å². The molecule has 1 aromatic heterocycles. The summed E-state index contributed by atoms with van der Waals surface area (Å²) in [7, 11) is -4.13. The molecule has 156 valence electrons. The number of amides is 1. The minimum atomic E-state index is -4.13. The molecule has 0 radical (unpaired) electrons. The second-order valence-corrected chi connectivity index (χ2v) is 9.19. The van der Waals surface area contributed by atoms with Crippen molar-refractivity contribution in [3.8, 4) is 0 Å². The summed E-state index contributed by atoms with van der Waals surface area (Å²) in [5.74, 6) is -1.06. The number of hydrogen-bond donors (Lipinski definition) is 0. The summed E-state index contributed by atoms with van der Waals surface area (Å²) < 4.78 is 46.9. The van der Waals surface area contributed by atoms with Crippen molar-refractivity contribution in [2.24, 2.45) is 0 Å². The molecule has 0 atom stereocenters. The lowest BCUT2D eigenvalue weighted by molar-refractivity contribution is 0.0300. The number of rotatable bonds is 3. The fourth-order valence-electron chi connectivity index (χ4n) is 3.73. The van der Waals surface area contributed by atoms with Gasteiger partial charge in [0.25, 0.3) is 5.91 Å². The van der Waals surface area contributed by atoms with Gasteiger partial charge < -0.3 is 9.64 Å². The lowest BCUT2D eigenvalue weighted by Crippen LogP contribution is -2.41. The Morgan fingerprint density at radius 3 is 2.53 bits per heavy atom. The van der Waals surface area contributed by atoms with E-state index in [1.165, 1.54) is 29.3 Å². The molecule has 2 aromatic carbocycles. The van der Waals surface area contributed by atoms with Gasteiger partial charge in [-0.25, -0.2) is 12.8 Å². The molecule has 8 heteroatoms. The number of pyridine rings is 1. The molecule has 2 heterocycles. The molecule has 0 saturated carbocycles. The van der Waals surface area contributed by atoms with Gasteiger partial charge in [0, 0.05) is 24.7 Å². The molecule has 0 spiro atoms. The number of hydrogen-bond acceptors (Lipinski definition) is 5. The van der Waals surface area contributed by atoms with Crippen LogP contribution in [0.2, 0.25) is 0 Å². The summed E-state index contributed by atoms with van der Waals surface area (Å²) in [5, 5.41) is 0.0917. The van der Waals surface area contributed by atoms with Crippen LogP contribution in [0.15, 0.2) is 52.4 Å². The third kappa shape index (κ3) is 3.57. The van der Waals surface area contributed by atoms with Crippen LogP contribution < -0.4 is 0 Å². The molecule has 1 amide bonds. The van der Waals surface area contributed by atoms with Crippen LogP contribution in [0.3, 0.4) is 0 Å². The molecule has 0 N–H and O–H groups in total. The average molecular weight is 428 g/mol. The van der Waals surface area contributed by atoms with Crippen LogP contribution in [-0.2, 0) is 14.6 Å². The van der Waals surface area contributed by atoms with E-state index in [9.17, 15) is 17.6 Å². The van der Waals surface area contributed by atoms with Gasteiger partial charge in [-0.15, -0.1) is 0 Å². The normalized spacial score (nSPS) is 14.8. The molecule has 1 saturated heterocycles. The Kier molecular flexibility index (Phi) is 5.29. The van der Waals surface area contributed by atoms with E-state index in [1.54, 1.807) is 19.1 Å². The maximum Gasteiger partial charge on any atom is 0.256 e. The second kappa shape index (κ2) is 7.77. The van der Waals surface area contributed by atoms with Crippen molar-refractivity contribution >= 4 is 26.6 Å². The van der Waals surface area contributed by atoms with E-state index in [2.05, 4.69) is 4.98 Å². The van der Waals surface area contributed by atoms with Crippen LogP contribution in [0.1, 0.15) is 21.5 Å². The van der Waals surface area contributed by atoms with Gasteiger partial charge in [0.05, 0.1) is 34.1 Å². The van der Waals surface area contributed by atoms with Gasteiger partial charge in [0.2, 0.25) is 9.84 Å². The Morgan fingerprint density at radius 1 is 1.10 bits per heavy atom. The number of benzene rings is 2. The van der Waals surface area contributed by atoms with E-state index in [4.69, 9.17) is 4.74 Å². The Balaban J connectivity index is 2.00. The predicted molar refractivity (Wildman–Crippen MR) is 110 cm³/mol. The minimum Gasteiger partial charge on any atom is -0.378 e. The molecule has 0 bridgehead atoms. The Hall–Kier alpha value is -2.84. The SMILES string of the molecule is Cc1ccc(S(=O)(=O)c2c(C(=O)N3CCOCC3)cnc3ccc(F)cc23)c(C)c1. The van der Waals surface area contributed by atoms with Crippen LogP contribution in [0.5, 0.6) is 0 Å². The van der Waals surface area contributed by atoms with Crippen molar-refractivity contribution in [3.63, 3.8) is 0 Å². The highest BCUT2D eigenvalue weighted by Crippen LogP contribution is 2.33. The van der Waals surface area contributed by atoms with Crippen molar-refractivity contribution < 1.29 is 22.3 Å². The number of carbonyl (C=O) groups excluding carboxylic acids is 1. The van der Waals surface area contributed by atoms with Crippen LogP contribution in [0, 0.1) is 19.7 Å². The first kappa shape index (κ1) is 20.4. The quantitative estimate of drug-likeness (QED) is 0.640. The van der Waals surface area contributed by atoms with Crippen LogP contribution in [0.4, 0.5) is 4.39 Å². The van der Waals surface area contributed by atoms with Crippen LogP contribution >= 0.6 is 0 Å². The van der Waals surface area contributed by atoms with E-state index < -0.39 is 21.6 Å². The van der Waals surface area contributed by atoms with Crippen molar-refractivity contribution in [1.82, 2.24) is 9.88 Å². The molecule has 4 rings (SSSR count). The molecule has 1 aliphatic rings. The van der Waals surface area contributed by atoms with E-state index in [1.807, 2.05) is 6.92 Å². The summed E-state index contributed by atoms with van der Waals surface area (Å²) in [6, 6.07) is 8.73. The average Bonchev–Trinajstić information content (AvgIpc) is 2.72. The Labute approximate surface area is 174 Å². The number of sulfone groups is 1. The summed E-state index contributed by atoms with van der Waals surface area (Å²) >= 11 is 0. The van der Waals surface area contributed by atoms with Gasteiger partial charge in [0.15, 0.2) is 0 Å². The van der Waals surface area contributed by atoms with Gasteiger partial charge in [-0.1, -0.05) is 17.7 Å². The highest BCUT2D eigenvalue weighted by Gasteiger charge is 2.31. The molecule has 30 heavy (non-hydrogen) atoms. The van der Waals surface area contributed by atoms with Gasteiger partial charge in [-0.05, 0) is 43.7 Å². The first-order chi connectivity index (χ1) is 14.3. The van der Waals surface area contributed by atoms with Crippen molar-refractivity contribution in [2.45, 2.75) is 23.6 Å². The first-order valence-corrected chi connectivity index (χ1v) is 11.0. The predicted octanol–water partition coefficient (Wildman–Crippen LogP) is 3.30. The molecular weight excluding hydrogens is 407 g/mol. The Morgan fingerprint density at radius 2 is 1.83 bits per heavy atom. The molecular formula is C22H21FN2O4S. The molecule has 1 fully saturated rings. The summed E-state index contributed by atoms with van der Waals surface area (Å²) in [5.41, 5.74) is 1.72. The fourth-order valence-corrected chi connectivity index (χ4v) is 5.56. The number of carbonyl (C=O) groups is 1. The molecule has 0 unspecified atom stereocenters. The number of aryl methyl sites for hydroxylation is 2.